The van der Waals surface area contributed by atoms with E-state index in [1.54, 1.807) is 21.4 Å². The first kappa shape index (κ1) is 21.4. The highest BCUT2D eigenvalue weighted by Crippen LogP contribution is 2.14. The number of amides is 1. The molecule has 0 unspecified atom stereocenters. The van der Waals surface area contributed by atoms with Crippen molar-refractivity contribution in [1.29, 1.82) is 0 Å². The van der Waals surface area contributed by atoms with E-state index < -0.39 is 0 Å². The fourth-order valence-electron chi connectivity index (χ4n) is 3.80. The SMILES string of the molecule is Cc1cccc(Cn2c(=O)n(CCNC(=O)c3cccc(N(C)C)c3)c3ncccc32)c1. The van der Waals surface area contributed by atoms with Crippen molar-refractivity contribution in [1.82, 2.24) is 19.4 Å². The highest BCUT2D eigenvalue weighted by Gasteiger charge is 2.15. The maximum atomic E-state index is 13.2. The second-order valence-electron chi connectivity index (χ2n) is 8.06. The fraction of sp³-hybridized carbons (Fsp3) is 0.240. The predicted molar refractivity (Wildman–Crippen MR) is 127 cm³/mol. The van der Waals surface area contributed by atoms with Crippen molar-refractivity contribution in [3.8, 4) is 0 Å². The summed E-state index contributed by atoms with van der Waals surface area (Å²) in [6, 6.07) is 19.3. The fourth-order valence-corrected chi connectivity index (χ4v) is 3.80. The molecule has 0 saturated heterocycles. The largest absolute Gasteiger partial charge is 0.378 e. The summed E-state index contributed by atoms with van der Waals surface area (Å²) in [6.07, 6.45) is 1.68. The van der Waals surface area contributed by atoms with Crippen LogP contribution in [0.4, 0.5) is 5.69 Å². The minimum absolute atomic E-state index is 0.135. The molecule has 4 aromatic rings. The lowest BCUT2D eigenvalue weighted by molar-refractivity contribution is 0.0952. The molecule has 0 radical (unpaired) electrons. The van der Waals surface area contributed by atoms with E-state index in [9.17, 15) is 9.59 Å². The van der Waals surface area contributed by atoms with Crippen molar-refractivity contribution in [3.63, 3.8) is 0 Å². The number of nitrogens with zero attached hydrogens (tertiary/aromatic N) is 4. The molecule has 4 rings (SSSR count). The van der Waals surface area contributed by atoms with Crippen LogP contribution in [0.2, 0.25) is 0 Å². The number of carbonyl (C=O) groups excluding carboxylic acids is 1. The lowest BCUT2D eigenvalue weighted by Crippen LogP contribution is -2.32. The third-order valence-corrected chi connectivity index (χ3v) is 5.44. The zero-order valence-electron chi connectivity index (χ0n) is 18.6. The number of pyridine rings is 1. The van der Waals surface area contributed by atoms with Crippen molar-refractivity contribution in [2.75, 3.05) is 25.5 Å². The molecule has 0 saturated carbocycles. The lowest BCUT2D eigenvalue weighted by Gasteiger charge is -2.13. The Kier molecular flexibility index (Phi) is 6.07. The zero-order chi connectivity index (χ0) is 22.7. The van der Waals surface area contributed by atoms with Crippen LogP contribution in [0.15, 0.2) is 71.7 Å². The van der Waals surface area contributed by atoms with Gasteiger partial charge in [-0.1, -0.05) is 35.9 Å². The summed E-state index contributed by atoms with van der Waals surface area (Å²) in [5, 5.41) is 2.92. The normalized spacial score (nSPS) is 11.0. The van der Waals surface area contributed by atoms with E-state index >= 15 is 0 Å². The molecule has 164 valence electrons. The van der Waals surface area contributed by atoms with Crippen LogP contribution in [0.3, 0.4) is 0 Å². The van der Waals surface area contributed by atoms with Crippen molar-refractivity contribution in [2.24, 2.45) is 0 Å². The Morgan fingerprint density at radius 2 is 1.84 bits per heavy atom. The quantitative estimate of drug-likeness (QED) is 0.490. The summed E-state index contributed by atoms with van der Waals surface area (Å²) < 4.78 is 3.36. The Morgan fingerprint density at radius 3 is 2.62 bits per heavy atom. The Labute approximate surface area is 186 Å². The molecular weight excluding hydrogens is 402 g/mol. The minimum Gasteiger partial charge on any atom is -0.378 e. The highest BCUT2D eigenvalue weighted by molar-refractivity contribution is 5.95. The van der Waals surface area contributed by atoms with Crippen molar-refractivity contribution >= 4 is 22.8 Å². The number of carbonyl (C=O) groups is 1. The van der Waals surface area contributed by atoms with Crippen LogP contribution in [0.1, 0.15) is 21.5 Å². The summed E-state index contributed by atoms with van der Waals surface area (Å²) in [6.45, 7) is 3.17. The molecule has 0 spiro atoms. The Morgan fingerprint density at radius 1 is 1.03 bits per heavy atom. The second-order valence-corrected chi connectivity index (χ2v) is 8.06. The zero-order valence-corrected chi connectivity index (χ0v) is 18.6. The van der Waals surface area contributed by atoms with Gasteiger partial charge in [0.2, 0.25) is 0 Å². The molecule has 0 aliphatic carbocycles. The van der Waals surface area contributed by atoms with Crippen LogP contribution < -0.4 is 15.9 Å². The number of imidazole rings is 1. The second kappa shape index (κ2) is 9.09. The number of hydrogen-bond donors (Lipinski definition) is 1. The van der Waals surface area contributed by atoms with Gasteiger partial charge < -0.3 is 10.2 Å². The molecule has 0 aliphatic heterocycles. The smallest absolute Gasteiger partial charge is 0.330 e. The lowest BCUT2D eigenvalue weighted by atomic mass is 10.1. The monoisotopic (exact) mass is 429 g/mol. The number of fused-ring (bicyclic) bond motifs is 1. The first-order chi connectivity index (χ1) is 15.4. The minimum atomic E-state index is -0.168. The van der Waals surface area contributed by atoms with E-state index in [0.29, 0.717) is 30.8 Å². The Bertz CT molecular complexity index is 1320. The molecule has 0 aliphatic rings. The average molecular weight is 430 g/mol. The summed E-state index contributed by atoms with van der Waals surface area (Å²) in [4.78, 5) is 32.2. The summed E-state index contributed by atoms with van der Waals surface area (Å²) in [5.41, 5.74) is 5.02. The molecular formula is C25H27N5O2. The maximum absolute atomic E-state index is 13.2. The summed E-state index contributed by atoms with van der Waals surface area (Å²) >= 11 is 0. The van der Waals surface area contributed by atoms with Crippen LogP contribution in [0, 0.1) is 6.92 Å². The third-order valence-electron chi connectivity index (χ3n) is 5.44. The first-order valence-electron chi connectivity index (χ1n) is 10.6. The van der Waals surface area contributed by atoms with Gasteiger partial charge in [0.25, 0.3) is 5.91 Å². The number of anilines is 1. The van der Waals surface area contributed by atoms with Crippen LogP contribution in [0.25, 0.3) is 11.2 Å². The van der Waals surface area contributed by atoms with Gasteiger partial charge in [-0.3, -0.25) is 13.9 Å². The van der Waals surface area contributed by atoms with Gasteiger partial charge in [0.05, 0.1) is 12.1 Å². The number of aryl methyl sites for hydroxylation is 1. The van der Waals surface area contributed by atoms with Gasteiger partial charge in [-0.2, -0.15) is 0 Å². The van der Waals surface area contributed by atoms with Crippen LogP contribution in [-0.2, 0) is 13.1 Å². The van der Waals surface area contributed by atoms with Crippen molar-refractivity contribution < 1.29 is 4.79 Å². The average Bonchev–Trinajstić information content (AvgIpc) is 3.05. The molecule has 1 amide bonds. The van der Waals surface area contributed by atoms with Gasteiger partial charge in [-0.25, -0.2) is 9.78 Å². The third kappa shape index (κ3) is 4.42. The van der Waals surface area contributed by atoms with Crippen molar-refractivity contribution in [3.05, 3.63) is 94.0 Å². The van der Waals surface area contributed by atoms with Gasteiger partial charge >= 0.3 is 5.69 Å². The molecule has 7 nitrogen and oxygen atoms in total. The number of nitrogens with one attached hydrogen (secondary N) is 1. The van der Waals surface area contributed by atoms with Crippen molar-refractivity contribution in [2.45, 2.75) is 20.0 Å². The standard InChI is InChI=1S/C25H27N5O2/c1-18-7-4-8-19(15-18)17-30-22-11-6-12-26-23(22)29(25(30)32)14-13-27-24(31)20-9-5-10-21(16-20)28(2)3/h4-12,15-16H,13-14,17H2,1-3H3,(H,27,31). The van der Waals surface area contributed by atoms with Gasteiger partial charge in [-0.05, 0) is 42.8 Å². The number of rotatable bonds is 7. The van der Waals surface area contributed by atoms with Gasteiger partial charge in [0.15, 0.2) is 5.65 Å². The summed E-state index contributed by atoms with van der Waals surface area (Å²) in [5.74, 6) is -0.168. The molecule has 1 N–H and O–H groups in total. The van der Waals surface area contributed by atoms with E-state index in [4.69, 9.17) is 0 Å². The van der Waals surface area contributed by atoms with Crippen LogP contribution in [0.5, 0.6) is 0 Å². The maximum Gasteiger partial charge on any atom is 0.330 e. The molecule has 0 fully saturated rings. The number of aromatic nitrogens is 3. The molecule has 0 atom stereocenters. The van der Waals surface area contributed by atoms with Gasteiger partial charge in [0.1, 0.15) is 0 Å². The van der Waals surface area contributed by atoms with E-state index in [1.807, 2.05) is 74.4 Å². The topological polar surface area (TPSA) is 72.2 Å². The van der Waals surface area contributed by atoms with E-state index in [1.165, 1.54) is 0 Å². The van der Waals surface area contributed by atoms with Crippen LogP contribution in [-0.4, -0.2) is 40.7 Å². The first-order valence-corrected chi connectivity index (χ1v) is 10.6. The highest BCUT2D eigenvalue weighted by atomic mass is 16.2. The number of hydrogen-bond acceptors (Lipinski definition) is 4. The molecule has 32 heavy (non-hydrogen) atoms. The van der Waals surface area contributed by atoms with E-state index in [2.05, 4.69) is 16.4 Å². The number of benzene rings is 2. The van der Waals surface area contributed by atoms with Gasteiger partial charge in [0, 0.05) is 44.6 Å². The summed E-state index contributed by atoms with van der Waals surface area (Å²) in [7, 11) is 3.87. The molecule has 2 aromatic carbocycles. The van der Waals surface area contributed by atoms with Crippen LogP contribution >= 0.6 is 0 Å². The van der Waals surface area contributed by atoms with Gasteiger partial charge in [-0.15, -0.1) is 0 Å². The predicted octanol–water partition coefficient (Wildman–Crippen LogP) is 3.05. The Hall–Kier alpha value is -3.87. The van der Waals surface area contributed by atoms with E-state index in [-0.39, 0.29) is 11.6 Å². The molecule has 7 heteroatoms. The molecule has 2 aromatic heterocycles. The molecule has 2 heterocycles. The Balaban J connectivity index is 1.53. The molecule has 0 bridgehead atoms. The van der Waals surface area contributed by atoms with E-state index in [0.717, 1.165) is 22.3 Å².